The molecule has 0 fully saturated rings. The van der Waals surface area contributed by atoms with E-state index in [1.54, 1.807) is 0 Å². The highest BCUT2D eigenvalue weighted by Crippen LogP contribution is 2.32. The van der Waals surface area contributed by atoms with Crippen molar-refractivity contribution in [3.8, 4) is 0 Å². The summed E-state index contributed by atoms with van der Waals surface area (Å²) in [7, 11) is 0.983. The molecule has 1 heterocycles. The minimum absolute atomic E-state index is 0.521. The first-order chi connectivity index (χ1) is 7.29. The molecule has 0 aliphatic heterocycles. The molecule has 0 saturated carbocycles. The van der Waals surface area contributed by atoms with E-state index in [1.165, 1.54) is 0 Å². The summed E-state index contributed by atoms with van der Waals surface area (Å²) in [5.41, 5.74) is 1.79. The molecular weight excluding hydrogens is 232 g/mol. The maximum absolute atomic E-state index is 13.1. The summed E-state index contributed by atoms with van der Waals surface area (Å²) in [5, 5.41) is 0. The minimum Gasteiger partial charge on any atom is -0.465 e. The standard InChI is InChI=1S/C8H6F4N2O2/c1-16-7(15)3-2-14-6(8(10,11)12)4(9)5(3)13/h2H,1H3,(H2,13,14). The highest BCUT2D eigenvalue weighted by molar-refractivity contribution is 5.94. The van der Waals surface area contributed by atoms with Gasteiger partial charge in [-0.3, -0.25) is 0 Å². The number of esters is 1. The maximum Gasteiger partial charge on any atom is 0.436 e. The molecule has 0 spiro atoms. The average Bonchev–Trinajstić information content (AvgIpc) is 2.19. The first kappa shape index (κ1) is 12.2. The summed E-state index contributed by atoms with van der Waals surface area (Å²) in [6.45, 7) is 0. The number of nitrogens with zero attached hydrogens (tertiary/aromatic N) is 1. The predicted octanol–water partition coefficient (Wildman–Crippen LogP) is 1.61. The zero-order valence-electron chi connectivity index (χ0n) is 7.93. The summed E-state index contributed by atoms with van der Waals surface area (Å²) in [6, 6.07) is 0. The van der Waals surface area contributed by atoms with Crippen LogP contribution in [0, 0.1) is 5.82 Å². The smallest absolute Gasteiger partial charge is 0.436 e. The SMILES string of the molecule is COC(=O)c1cnc(C(F)(F)F)c(F)c1N. The number of nitrogens with two attached hydrogens (primary N) is 1. The lowest BCUT2D eigenvalue weighted by molar-refractivity contribution is -0.143. The van der Waals surface area contributed by atoms with Crippen LogP contribution in [0.2, 0.25) is 0 Å². The normalized spacial score (nSPS) is 11.3. The Morgan fingerprint density at radius 1 is 1.50 bits per heavy atom. The Bertz CT molecular complexity index is 431. The number of rotatable bonds is 1. The number of alkyl halides is 3. The molecule has 0 aliphatic carbocycles. The zero-order chi connectivity index (χ0) is 12.5. The molecule has 0 bridgehead atoms. The van der Waals surface area contributed by atoms with E-state index in [4.69, 9.17) is 5.73 Å². The summed E-state index contributed by atoms with van der Waals surface area (Å²) in [5.74, 6) is -2.84. The Morgan fingerprint density at radius 3 is 2.50 bits per heavy atom. The van der Waals surface area contributed by atoms with Gasteiger partial charge in [0.25, 0.3) is 0 Å². The summed E-state index contributed by atoms with van der Waals surface area (Å²) in [4.78, 5) is 13.8. The first-order valence-electron chi connectivity index (χ1n) is 3.88. The Balaban J connectivity index is 3.35. The number of hydrogen-bond donors (Lipinski definition) is 1. The van der Waals surface area contributed by atoms with E-state index >= 15 is 0 Å². The molecular formula is C8H6F4N2O2. The number of carbonyl (C=O) groups is 1. The lowest BCUT2D eigenvalue weighted by Crippen LogP contribution is -2.16. The molecule has 0 aliphatic rings. The van der Waals surface area contributed by atoms with Gasteiger partial charge in [0, 0.05) is 6.20 Å². The van der Waals surface area contributed by atoms with Crippen LogP contribution in [0.4, 0.5) is 23.2 Å². The van der Waals surface area contributed by atoms with E-state index < -0.39 is 34.9 Å². The van der Waals surface area contributed by atoms with Crippen molar-refractivity contribution in [1.82, 2.24) is 4.98 Å². The van der Waals surface area contributed by atoms with Crippen LogP contribution in [0.3, 0.4) is 0 Å². The molecule has 0 aromatic carbocycles. The van der Waals surface area contributed by atoms with E-state index in [0.29, 0.717) is 6.20 Å². The topological polar surface area (TPSA) is 65.2 Å². The van der Waals surface area contributed by atoms with Crippen LogP contribution in [0.1, 0.15) is 16.1 Å². The summed E-state index contributed by atoms with van der Waals surface area (Å²) in [6.07, 6.45) is -4.44. The lowest BCUT2D eigenvalue weighted by atomic mass is 10.2. The number of hydrogen-bond acceptors (Lipinski definition) is 4. The molecule has 0 unspecified atom stereocenters. The van der Waals surface area contributed by atoms with Gasteiger partial charge in [-0.15, -0.1) is 0 Å². The molecule has 0 amide bonds. The lowest BCUT2D eigenvalue weighted by Gasteiger charge is -2.10. The largest absolute Gasteiger partial charge is 0.465 e. The highest BCUT2D eigenvalue weighted by atomic mass is 19.4. The number of pyridine rings is 1. The van der Waals surface area contributed by atoms with Crippen LogP contribution in [0.25, 0.3) is 0 Å². The van der Waals surface area contributed by atoms with E-state index in [2.05, 4.69) is 9.72 Å². The number of ether oxygens (including phenoxy) is 1. The third kappa shape index (κ3) is 2.05. The molecule has 0 radical (unpaired) electrons. The van der Waals surface area contributed by atoms with Crippen molar-refractivity contribution in [3.63, 3.8) is 0 Å². The quantitative estimate of drug-likeness (QED) is 0.596. The molecule has 0 atom stereocenters. The molecule has 88 valence electrons. The van der Waals surface area contributed by atoms with Crippen molar-refractivity contribution >= 4 is 11.7 Å². The summed E-state index contributed by atoms with van der Waals surface area (Å²) < 4.78 is 53.8. The fourth-order valence-corrected chi connectivity index (χ4v) is 0.971. The average molecular weight is 238 g/mol. The first-order valence-corrected chi connectivity index (χ1v) is 3.88. The van der Waals surface area contributed by atoms with E-state index in [0.717, 1.165) is 7.11 Å². The van der Waals surface area contributed by atoms with Gasteiger partial charge >= 0.3 is 12.1 Å². The van der Waals surface area contributed by atoms with Crippen LogP contribution in [-0.2, 0) is 10.9 Å². The third-order valence-corrected chi connectivity index (χ3v) is 1.73. The van der Waals surface area contributed by atoms with Gasteiger partial charge in [0.15, 0.2) is 11.5 Å². The van der Waals surface area contributed by atoms with Gasteiger partial charge in [0.1, 0.15) is 5.56 Å². The number of methoxy groups -OCH3 is 1. The van der Waals surface area contributed by atoms with Gasteiger partial charge in [-0.1, -0.05) is 0 Å². The van der Waals surface area contributed by atoms with Gasteiger partial charge in [0.2, 0.25) is 0 Å². The van der Waals surface area contributed by atoms with Gasteiger partial charge < -0.3 is 10.5 Å². The van der Waals surface area contributed by atoms with Gasteiger partial charge in [-0.25, -0.2) is 14.2 Å². The van der Waals surface area contributed by atoms with E-state index in [1.807, 2.05) is 0 Å². The zero-order valence-corrected chi connectivity index (χ0v) is 7.93. The predicted molar refractivity (Wildman–Crippen MR) is 44.9 cm³/mol. The van der Waals surface area contributed by atoms with Gasteiger partial charge in [-0.05, 0) is 0 Å². The van der Waals surface area contributed by atoms with Gasteiger partial charge in [0.05, 0.1) is 12.8 Å². The third-order valence-electron chi connectivity index (χ3n) is 1.73. The Morgan fingerprint density at radius 2 is 2.06 bits per heavy atom. The number of aromatic nitrogens is 1. The van der Waals surface area contributed by atoms with Crippen LogP contribution in [0.15, 0.2) is 6.20 Å². The fourth-order valence-electron chi connectivity index (χ4n) is 0.971. The van der Waals surface area contributed by atoms with Crippen LogP contribution in [0.5, 0.6) is 0 Å². The van der Waals surface area contributed by atoms with Crippen LogP contribution in [-0.4, -0.2) is 18.1 Å². The number of halogens is 4. The Hall–Kier alpha value is -1.86. The van der Waals surface area contributed by atoms with Crippen molar-refractivity contribution < 1.29 is 27.1 Å². The minimum atomic E-state index is -4.97. The second-order valence-corrected chi connectivity index (χ2v) is 2.74. The second-order valence-electron chi connectivity index (χ2n) is 2.74. The molecule has 8 heteroatoms. The molecule has 1 aromatic rings. The van der Waals surface area contributed by atoms with E-state index in [9.17, 15) is 22.4 Å². The number of carbonyl (C=O) groups excluding carboxylic acids is 1. The molecule has 2 N–H and O–H groups in total. The van der Waals surface area contributed by atoms with Crippen LogP contribution < -0.4 is 5.73 Å². The second kappa shape index (κ2) is 3.95. The highest BCUT2D eigenvalue weighted by Gasteiger charge is 2.38. The number of anilines is 1. The van der Waals surface area contributed by atoms with Crippen molar-refractivity contribution in [2.24, 2.45) is 0 Å². The molecule has 1 aromatic heterocycles. The van der Waals surface area contributed by atoms with Crippen molar-refractivity contribution in [2.75, 3.05) is 12.8 Å². The monoisotopic (exact) mass is 238 g/mol. The Kier molecular flexibility index (Phi) is 3.02. The van der Waals surface area contributed by atoms with Crippen molar-refractivity contribution in [3.05, 3.63) is 23.3 Å². The Labute approximate surface area is 87.0 Å². The fraction of sp³-hybridized carbons (Fsp3) is 0.250. The molecule has 16 heavy (non-hydrogen) atoms. The van der Waals surface area contributed by atoms with Crippen molar-refractivity contribution in [2.45, 2.75) is 6.18 Å². The molecule has 1 rings (SSSR count). The van der Waals surface area contributed by atoms with Gasteiger partial charge in [-0.2, -0.15) is 13.2 Å². The van der Waals surface area contributed by atoms with Crippen LogP contribution >= 0.6 is 0 Å². The number of nitrogen functional groups attached to an aromatic ring is 1. The maximum atomic E-state index is 13.1. The van der Waals surface area contributed by atoms with E-state index in [-0.39, 0.29) is 0 Å². The molecule has 4 nitrogen and oxygen atoms in total. The van der Waals surface area contributed by atoms with Crippen molar-refractivity contribution in [1.29, 1.82) is 0 Å². The summed E-state index contributed by atoms with van der Waals surface area (Å²) >= 11 is 0. The molecule has 0 saturated heterocycles.